The number of methoxy groups -OCH3 is 1. The number of rotatable bonds is 6. The molecule has 0 bridgehead atoms. The van der Waals surface area contributed by atoms with Gasteiger partial charge in [0.25, 0.3) is 0 Å². The largest absolute Gasteiger partial charge is 0.497 e. The van der Waals surface area contributed by atoms with Crippen LogP contribution in [-0.2, 0) is 0 Å². The maximum Gasteiger partial charge on any atom is 0.118 e. The van der Waals surface area contributed by atoms with Gasteiger partial charge in [-0.2, -0.15) is 0 Å². The molecule has 0 saturated carbocycles. The van der Waals surface area contributed by atoms with E-state index in [1.165, 1.54) is 12.0 Å². The van der Waals surface area contributed by atoms with Gasteiger partial charge in [-0.15, -0.1) is 0 Å². The summed E-state index contributed by atoms with van der Waals surface area (Å²) in [5, 5.41) is 3.53. The third-order valence-corrected chi connectivity index (χ3v) is 2.79. The third kappa shape index (κ3) is 4.23. The lowest BCUT2D eigenvalue weighted by atomic mass is 10.1. The molecule has 0 radical (unpaired) electrons. The zero-order valence-corrected chi connectivity index (χ0v) is 10.8. The Kier molecular flexibility index (Phi) is 5.33. The van der Waals surface area contributed by atoms with Gasteiger partial charge in [0.2, 0.25) is 0 Å². The van der Waals surface area contributed by atoms with Gasteiger partial charge in [0.05, 0.1) is 7.11 Å². The summed E-state index contributed by atoms with van der Waals surface area (Å²) in [6, 6.07) is 8.66. The Morgan fingerprint density at radius 2 is 1.75 bits per heavy atom. The summed E-state index contributed by atoms with van der Waals surface area (Å²) in [7, 11) is 1.69. The van der Waals surface area contributed by atoms with Crippen molar-refractivity contribution in [2.24, 2.45) is 5.92 Å². The number of hydrogen-bond acceptors (Lipinski definition) is 2. The maximum atomic E-state index is 5.14. The van der Waals surface area contributed by atoms with Gasteiger partial charge in [-0.25, -0.2) is 0 Å². The highest BCUT2D eigenvalue weighted by atomic mass is 16.5. The first-order chi connectivity index (χ1) is 7.63. The van der Waals surface area contributed by atoms with Crippen LogP contribution in [0.3, 0.4) is 0 Å². The van der Waals surface area contributed by atoms with E-state index in [1.807, 2.05) is 12.1 Å². The summed E-state index contributed by atoms with van der Waals surface area (Å²) in [6.45, 7) is 7.77. The molecular formula is C14H23NO. The predicted molar refractivity (Wildman–Crippen MR) is 68.9 cm³/mol. The quantitative estimate of drug-likeness (QED) is 0.795. The van der Waals surface area contributed by atoms with E-state index in [9.17, 15) is 0 Å². The molecule has 1 atom stereocenters. The predicted octanol–water partition coefficient (Wildman–Crippen LogP) is 3.39. The van der Waals surface area contributed by atoms with Crippen LogP contribution in [0.4, 0.5) is 0 Å². The molecule has 0 fully saturated rings. The summed E-state index contributed by atoms with van der Waals surface area (Å²) < 4.78 is 5.14. The summed E-state index contributed by atoms with van der Waals surface area (Å²) in [6.07, 6.45) is 1.22. The summed E-state index contributed by atoms with van der Waals surface area (Å²) in [5.74, 6) is 1.67. The Hall–Kier alpha value is -1.02. The number of hydrogen-bond donors (Lipinski definition) is 1. The SMILES string of the molecule is COc1ccc([C@@H](C)NCCC(C)C)cc1. The average molecular weight is 221 g/mol. The van der Waals surface area contributed by atoms with Gasteiger partial charge in [-0.1, -0.05) is 26.0 Å². The molecule has 2 heteroatoms. The molecule has 0 aliphatic carbocycles. The average Bonchev–Trinajstić information content (AvgIpc) is 2.28. The highest BCUT2D eigenvalue weighted by Crippen LogP contribution is 2.17. The van der Waals surface area contributed by atoms with Gasteiger partial charge in [0.15, 0.2) is 0 Å². The molecule has 0 aliphatic rings. The van der Waals surface area contributed by atoms with Crippen LogP contribution in [0.15, 0.2) is 24.3 Å². The van der Waals surface area contributed by atoms with E-state index < -0.39 is 0 Å². The summed E-state index contributed by atoms with van der Waals surface area (Å²) in [4.78, 5) is 0. The number of ether oxygens (including phenoxy) is 1. The fraction of sp³-hybridized carbons (Fsp3) is 0.571. The van der Waals surface area contributed by atoms with E-state index >= 15 is 0 Å². The molecule has 0 aromatic heterocycles. The number of nitrogens with one attached hydrogen (secondary N) is 1. The molecule has 0 saturated heterocycles. The highest BCUT2D eigenvalue weighted by molar-refractivity contribution is 5.28. The Morgan fingerprint density at radius 1 is 1.12 bits per heavy atom. The lowest BCUT2D eigenvalue weighted by Gasteiger charge is -2.15. The van der Waals surface area contributed by atoms with Crippen LogP contribution >= 0.6 is 0 Å². The van der Waals surface area contributed by atoms with Crippen molar-refractivity contribution in [1.82, 2.24) is 5.32 Å². The van der Waals surface area contributed by atoms with Crippen LogP contribution in [0, 0.1) is 5.92 Å². The molecule has 1 rings (SSSR count). The van der Waals surface area contributed by atoms with E-state index in [-0.39, 0.29) is 0 Å². The Bertz CT molecular complexity index is 292. The monoisotopic (exact) mass is 221 g/mol. The first-order valence-corrected chi connectivity index (χ1v) is 6.00. The van der Waals surface area contributed by atoms with Crippen LogP contribution in [0.25, 0.3) is 0 Å². The van der Waals surface area contributed by atoms with Crippen molar-refractivity contribution in [2.75, 3.05) is 13.7 Å². The molecule has 0 aliphatic heterocycles. The fourth-order valence-electron chi connectivity index (χ4n) is 1.60. The molecule has 2 nitrogen and oxygen atoms in total. The Labute approximate surface area is 99.0 Å². The number of benzene rings is 1. The first kappa shape index (κ1) is 13.0. The topological polar surface area (TPSA) is 21.3 Å². The van der Waals surface area contributed by atoms with E-state index in [4.69, 9.17) is 4.74 Å². The van der Waals surface area contributed by atoms with Crippen LogP contribution in [0.2, 0.25) is 0 Å². The lowest BCUT2D eigenvalue weighted by molar-refractivity contribution is 0.414. The summed E-state index contributed by atoms with van der Waals surface area (Å²) >= 11 is 0. The van der Waals surface area contributed by atoms with Gasteiger partial charge >= 0.3 is 0 Å². The minimum Gasteiger partial charge on any atom is -0.497 e. The summed E-state index contributed by atoms with van der Waals surface area (Å²) in [5.41, 5.74) is 1.31. The Morgan fingerprint density at radius 3 is 2.25 bits per heavy atom. The van der Waals surface area contributed by atoms with E-state index in [2.05, 4.69) is 38.2 Å². The van der Waals surface area contributed by atoms with Crippen molar-refractivity contribution in [3.63, 3.8) is 0 Å². The molecule has 16 heavy (non-hydrogen) atoms. The second kappa shape index (κ2) is 6.54. The van der Waals surface area contributed by atoms with Crippen LogP contribution in [0.1, 0.15) is 38.8 Å². The second-order valence-electron chi connectivity index (χ2n) is 4.63. The van der Waals surface area contributed by atoms with Crippen molar-refractivity contribution in [3.05, 3.63) is 29.8 Å². The molecule has 90 valence electrons. The van der Waals surface area contributed by atoms with Crippen LogP contribution in [0.5, 0.6) is 5.75 Å². The normalized spacial score (nSPS) is 12.8. The molecule has 0 amide bonds. The standard InChI is InChI=1S/C14H23NO/c1-11(2)9-10-15-12(3)13-5-7-14(16-4)8-6-13/h5-8,11-12,15H,9-10H2,1-4H3/t12-/m1/s1. The molecule has 0 heterocycles. The maximum absolute atomic E-state index is 5.14. The third-order valence-electron chi connectivity index (χ3n) is 2.79. The molecule has 0 unspecified atom stereocenters. The van der Waals surface area contributed by atoms with Gasteiger partial charge < -0.3 is 10.1 Å². The molecular weight excluding hydrogens is 198 g/mol. The minimum absolute atomic E-state index is 0.407. The van der Waals surface area contributed by atoms with Crippen molar-refractivity contribution in [3.8, 4) is 5.75 Å². The second-order valence-corrected chi connectivity index (χ2v) is 4.63. The first-order valence-electron chi connectivity index (χ1n) is 6.00. The lowest BCUT2D eigenvalue weighted by Crippen LogP contribution is -2.20. The van der Waals surface area contributed by atoms with E-state index in [1.54, 1.807) is 7.11 Å². The van der Waals surface area contributed by atoms with Crippen molar-refractivity contribution < 1.29 is 4.74 Å². The molecule has 1 N–H and O–H groups in total. The Balaban J connectivity index is 2.43. The molecule has 1 aromatic rings. The zero-order valence-electron chi connectivity index (χ0n) is 10.8. The van der Waals surface area contributed by atoms with E-state index in [0.717, 1.165) is 18.2 Å². The van der Waals surface area contributed by atoms with Gasteiger partial charge in [0.1, 0.15) is 5.75 Å². The fourth-order valence-corrected chi connectivity index (χ4v) is 1.60. The highest BCUT2D eigenvalue weighted by Gasteiger charge is 2.04. The minimum atomic E-state index is 0.407. The van der Waals surface area contributed by atoms with Gasteiger partial charge in [-0.05, 0) is 43.5 Å². The molecule has 0 spiro atoms. The van der Waals surface area contributed by atoms with Crippen molar-refractivity contribution in [1.29, 1.82) is 0 Å². The van der Waals surface area contributed by atoms with Gasteiger partial charge in [-0.3, -0.25) is 0 Å². The molecule has 1 aromatic carbocycles. The van der Waals surface area contributed by atoms with Crippen molar-refractivity contribution in [2.45, 2.75) is 33.2 Å². The van der Waals surface area contributed by atoms with Crippen LogP contribution in [-0.4, -0.2) is 13.7 Å². The van der Waals surface area contributed by atoms with E-state index in [0.29, 0.717) is 6.04 Å². The smallest absolute Gasteiger partial charge is 0.118 e. The van der Waals surface area contributed by atoms with Crippen LogP contribution < -0.4 is 10.1 Å². The zero-order chi connectivity index (χ0) is 12.0. The van der Waals surface area contributed by atoms with Gasteiger partial charge in [0, 0.05) is 6.04 Å². The van der Waals surface area contributed by atoms with Crippen molar-refractivity contribution >= 4 is 0 Å².